The quantitative estimate of drug-likeness (QED) is 0.454. The van der Waals surface area contributed by atoms with E-state index in [0.29, 0.717) is 0 Å². The summed E-state index contributed by atoms with van der Waals surface area (Å²) in [6, 6.07) is 12.0. The van der Waals surface area contributed by atoms with Crippen LogP contribution in [0.25, 0.3) is 0 Å². The maximum atomic E-state index is 11.7. The van der Waals surface area contributed by atoms with Gasteiger partial charge in [-0.25, -0.2) is 14.4 Å². The Morgan fingerprint density at radius 3 is 2.04 bits per heavy atom. The third kappa shape index (κ3) is 5.79. The molecule has 0 heterocycles. The summed E-state index contributed by atoms with van der Waals surface area (Å²) in [5.74, 6) is -2.76. The summed E-state index contributed by atoms with van der Waals surface area (Å²) in [5.41, 5.74) is -0.0399. The first kappa shape index (κ1) is 20.9. The van der Waals surface area contributed by atoms with Crippen molar-refractivity contribution in [1.82, 2.24) is 5.32 Å². The summed E-state index contributed by atoms with van der Waals surface area (Å²) in [6.07, 6.45) is -3.96. The van der Waals surface area contributed by atoms with Crippen LogP contribution in [-0.4, -0.2) is 51.1 Å². The second-order valence-corrected chi connectivity index (χ2v) is 5.91. The number of aliphatic hydroxyl groups excluding tert-OH is 2. The maximum absolute atomic E-state index is 11.7. The van der Waals surface area contributed by atoms with E-state index in [0.717, 1.165) is 23.8 Å². The van der Waals surface area contributed by atoms with Crippen LogP contribution in [0.15, 0.2) is 48.5 Å². The van der Waals surface area contributed by atoms with E-state index in [1.54, 1.807) is 24.3 Å². The van der Waals surface area contributed by atoms with Gasteiger partial charge in [-0.15, -0.1) is 0 Å². The third-order valence-corrected chi connectivity index (χ3v) is 3.82. The van der Waals surface area contributed by atoms with Gasteiger partial charge in [0.05, 0.1) is 11.1 Å². The first-order chi connectivity index (χ1) is 13.3. The second-order valence-electron chi connectivity index (χ2n) is 5.91. The zero-order valence-corrected chi connectivity index (χ0v) is 14.6. The molecule has 0 aliphatic rings. The molecule has 0 aliphatic heterocycles. The smallest absolute Gasteiger partial charge is 0.407 e. The van der Waals surface area contributed by atoms with Gasteiger partial charge in [0.1, 0.15) is 18.8 Å². The Bertz CT molecular complexity index is 820. The molecule has 0 fully saturated rings. The van der Waals surface area contributed by atoms with E-state index in [-0.39, 0.29) is 23.3 Å². The highest BCUT2D eigenvalue weighted by molar-refractivity contribution is 5.94. The van der Waals surface area contributed by atoms with Crippen molar-refractivity contribution in [2.75, 3.05) is 6.54 Å². The highest BCUT2D eigenvalue weighted by Gasteiger charge is 2.22. The van der Waals surface area contributed by atoms with E-state index in [1.165, 1.54) is 0 Å². The molecule has 2 atom stereocenters. The average Bonchev–Trinajstić information content (AvgIpc) is 2.70. The number of hydrogen-bond acceptors (Lipinski definition) is 6. The SMILES string of the molecule is O=C(NCC(O)C(O)c1cc(C(=O)O)cc(C(=O)O)c1)OCc1ccccc1. The minimum Gasteiger partial charge on any atom is -0.478 e. The number of ether oxygens (including phenoxy) is 1. The highest BCUT2D eigenvalue weighted by atomic mass is 16.5. The van der Waals surface area contributed by atoms with Gasteiger partial charge in [-0.05, 0) is 29.3 Å². The van der Waals surface area contributed by atoms with E-state index in [4.69, 9.17) is 14.9 Å². The fourth-order valence-corrected chi connectivity index (χ4v) is 2.37. The fourth-order valence-electron chi connectivity index (χ4n) is 2.37. The first-order valence-electron chi connectivity index (χ1n) is 8.20. The van der Waals surface area contributed by atoms with E-state index in [2.05, 4.69) is 5.32 Å². The summed E-state index contributed by atoms with van der Waals surface area (Å²) < 4.78 is 4.97. The molecule has 2 aromatic carbocycles. The normalized spacial score (nSPS) is 12.6. The lowest BCUT2D eigenvalue weighted by Crippen LogP contribution is -2.35. The third-order valence-electron chi connectivity index (χ3n) is 3.82. The molecule has 5 N–H and O–H groups in total. The summed E-state index contributed by atoms with van der Waals surface area (Å²) in [5, 5.41) is 40.6. The average molecular weight is 389 g/mol. The van der Waals surface area contributed by atoms with Gasteiger partial charge in [-0.3, -0.25) is 0 Å². The van der Waals surface area contributed by atoms with Gasteiger partial charge in [-0.1, -0.05) is 30.3 Å². The minimum atomic E-state index is -1.62. The van der Waals surface area contributed by atoms with Gasteiger partial charge in [-0.2, -0.15) is 0 Å². The van der Waals surface area contributed by atoms with E-state index < -0.39 is 36.8 Å². The molecule has 148 valence electrons. The Hall–Kier alpha value is -3.43. The number of aromatic carboxylic acids is 2. The molecule has 9 nitrogen and oxygen atoms in total. The molecule has 2 rings (SSSR count). The van der Waals surface area contributed by atoms with Crippen molar-refractivity contribution in [3.05, 3.63) is 70.8 Å². The lowest BCUT2D eigenvalue weighted by Gasteiger charge is -2.19. The first-order valence-corrected chi connectivity index (χ1v) is 8.20. The summed E-state index contributed by atoms with van der Waals surface area (Å²) >= 11 is 0. The van der Waals surface area contributed by atoms with Gasteiger partial charge >= 0.3 is 18.0 Å². The monoisotopic (exact) mass is 389 g/mol. The summed E-state index contributed by atoms with van der Waals surface area (Å²) in [7, 11) is 0. The molecular weight excluding hydrogens is 370 g/mol. The molecule has 2 aromatic rings. The zero-order valence-electron chi connectivity index (χ0n) is 14.6. The number of carbonyl (C=O) groups is 3. The van der Waals surface area contributed by atoms with Crippen LogP contribution in [0, 0.1) is 0 Å². The maximum Gasteiger partial charge on any atom is 0.407 e. The lowest BCUT2D eigenvalue weighted by molar-refractivity contribution is 0.0182. The number of aliphatic hydroxyl groups is 2. The Morgan fingerprint density at radius 2 is 1.50 bits per heavy atom. The van der Waals surface area contributed by atoms with Crippen molar-refractivity contribution in [2.24, 2.45) is 0 Å². The molecule has 0 aliphatic carbocycles. The molecule has 9 heteroatoms. The van der Waals surface area contributed by atoms with Crippen molar-refractivity contribution in [2.45, 2.75) is 18.8 Å². The Balaban J connectivity index is 1.96. The molecule has 0 saturated carbocycles. The van der Waals surface area contributed by atoms with E-state index in [1.807, 2.05) is 6.07 Å². The number of benzene rings is 2. The van der Waals surface area contributed by atoms with Gasteiger partial charge in [0.2, 0.25) is 0 Å². The molecule has 0 bridgehead atoms. The van der Waals surface area contributed by atoms with Crippen LogP contribution in [0.4, 0.5) is 4.79 Å². The molecule has 28 heavy (non-hydrogen) atoms. The van der Waals surface area contributed by atoms with Crippen LogP contribution < -0.4 is 5.32 Å². The molecule has 0 aromatic heterocycles. The zero-order chi connectivity index (χ0) is 20.7. The Labute approximate surface area is 159 Å². The predicted octanol–water partition coefficient (Wildman–Crippen LogP) is 1.40. The molecular formula is C19H19NO8. The Kier molecular flexibility index (Phi) is 7.08. The van der Waals surface area contributed by atoms with Crippen molar-refractivity contribution in [3.63, 3.8) is 0 Å². The van der Waals surface area contributed by atoms with E-state index in [9.17, 15) is 24.6 Å². The van der Waals surface area contributed by atoms with Crippen molar-refractivity contribution in [1.29, 1.82) is 0 Å². The number of rotatable bonds is 8. The van der Waals surface area contributed by atoms with Gasteiger partial charge in [0.25, 0.3) is 0 Å². The summed E-state index contributed by atoms with van der Waals surface area (Å²) in [4.78, 5) is 33.9. The van der Waals surface area contributed by atoms with Crippen LogP contribution >= 0.6 is 0 Å². The van der Waals surface area contributed by atoms with Crippen molar-refractivity contribution < 1.29 is 39.5 Å². The number of amides is 1. The van der Waals surface area contributed by atoms with Crippen molar-refractivity contribution >= 4 is 18.0 Å². The Morgan fingerprint density at radius 1 is 0.929 bits per heavy atom. The lowest BCUT2D eigenvalue weighted by atomic mass is 9.98. The van der Waals surface area contributed by atoms with Crippen LogP contribution in [0.2, 0.25) is 0 Å². The van der Waals surface area contributed by atoms with Gasteiger partial charge < -0.3 is 30.5 Å². The fraction of sp³-hybridized carbons (Fsp3) is 0.211. The summed E-state index contributed by atoms with van der Waals surface area (Å²) in [6.45, 7) is -0.373. The highest BCUT2D eigenvalue weighted by Crippen LogP contribution is 2.21. The number of carboxylic acid groups (broad SMARTS) is 2. The van der Waals surface area contributed by atoms with Gasteiger partial charge in [0, 0.05) is 6.54 Å². The topological polar surface area (TPSA) is 153 Å². The predicted molar refractivity (Wildman–Crippen MR) is 96.0 cm³/mol. The molecule has 0 radical (unpaired) electrons. The number of nitrogens with one attached hydrogen (secondary N) is 1. The van der Waals surface area contributed by atoms with Crippen LogP contribution in [0.1, 0.15) is 37.9 Å². The molecule has 2 unspecified atom stereocenters. The second kappa shape index (κ2) is 9.49. The largest absolute Gasteiger partial charge is 0.478 e. The van der Waals surface area contributed by atoms with Gasteiger partial charge in [0.15, 0.2) is 0 Å². The standard InChI is InChI=1S/C19H19NO8/c21-15(9-20-19(27)28-10-11-4-2-1-3-5-11)16(22)12-6-13(17(23)24)8-14(7-12)18(25)26/h1-8,15-16,21-22H,9-10H2,(H,20,27)(H,23,24)(H,25,26). The van der Waals surface area contributed by atoms with Crippen LogP contribution in [0.5, 0.6) is 0 Å². The molecule has 1 amide bonds. The van der Waals surface area contributed by atoms with E-state index >= 15 is 0 Å². The molecule has 0 spiro atoms. The number of carboxylic acids is 2. The minimum absolute atomic E-state index is 0.0218. The number of carbonyl (C=O) groups excluding carboxylic acids is 1. The van der Waals surface area contributed by atoms with Crippen LogP contribution in [-0.2, 0) is 11.3 Å². The number of hydrogen-bond donors (Lipinski definition) is 5. The number of alkyl carbamates (subject to hydrolysis) is 1. The van der Waals surface area contributed by atoms with Crippen molar-refractivity contribution in [3.8, 4) is 0 Å². The molecule has 0 saturated heterocycles. The van der Waals surface area contributed by atoms with Crippen LogP contribution in [0.3, 0.4) is 0 Å².